The SMILES string of the molecule is C[C@H](/C=C/[C@@H](O)C(C)(C)[N+](=O)[O-])[C@H]1CC[C@H]2[C@@H](OC(=O)c3ccccc3)CCC[C@]12C. The maximum Gasteiger partial charge on any atom is 0.338 e. The highest BCUT2D eigenvalue weighted by Gasteiger charge is 2.53. The first-order chi connectivity index (χ1) is 14.6. The van der Waals surface area contributed by atoms with E-state index in [1.165, 1.54) is 13.8 Å². The molecule has 6 nitrogen and oxygen atoms in total. The second-order valence-corrected chi connectivity index (χ2v) is 10.1. The summed E-state index contributed by atoms with van der Waals surface area (Å²) in [6, 6.07) is 9.14. The van der Waals surface area contributed by atoms with Crippen LogP contribution >= 0.6 is 0 Å². The van der Waals surface area contributed by atoms with E-state index in [1.54, 1.807) is 18.2 Å². The number of aliphatic hydroxyl groups excluding tert-OH is 1. The number of nitrogens with zero attached hydrogens (tertiary/aromatic N) is 1. The summed E-state index contributed by atoms with van der Waals surface area (Å²) in [6.45, 7) is 7.30. The number of nitro groups is 1. The predicted molar refractivity (Wildman–Crippen MR) is 119 cm³/mol. The molecule has 0 aromatic heterocycles. The van der Waals surface area contributed by atoms with Crippen LogP contribution in [-0.4, -0.2) is 33.7 Å². The first kappa shape index (κ1) is 23.5. The molecule has 0 heterocycles. The van der Waals surface area contributed by atoms with Crippen molar-refractivity contribution in [1.29, 1.82) is 0 Å². The fraction of sp³-hybridized carbons (Fsp3) is 0.640. The van der Waals surface area contributed by atoms with E-state index in [0.29, 0.717) is 17.4 Å². The topological polar surface area (TPSA) is 89.7 Å². The molecule has 0 saturated heterocycles. The highest BCUT2D eigenvalue weighted by atomic mass is 16.6. The summed E-state index contributed by atoms with van der Waals surface area (Å²) >= 11 is 0. The van der Waals surface area contributed by atoms with Crippen molar-refractivity contribution in [3.05, 3.63) is 58.2 Å². The molecule has 0 amide bonds. The fourth-order valence-electron chi connectivity index (χ4n) is 5.70. The Hall–Kier alpha value is -2.21. The Morgan fingerprint density at radius 2 is 1.94 bits per heavy atom. The molecule has 1 N–H and O–H groups in total. The van der Waals surface area contributed by atoms with Gasteiger partial charge in [0.2, 0.25) is 5.54 Å². The van der Waals surface area contributed by atoms with Crippen LogP contribution in [0.5, 0.6) is 0 Å². The standard InChI is InChI=1S/C25H35NO5/c1-17(12-15-22(27)24(2,3)26(29)30)19-13-14-20-21(11-8-16-25(19,20)4)31-23(28)18-9-6-5-7-10-18/h5-7,9-10,12,15,17,19-22,27H,8,11,13-14,16H2,1-4H3/b15-12+/t17-,19-,20+,21+,22-,25-/m1/s1. The van der Waals surface area contributed by atoms with E-state index < -0.39 is 16.6 Å². The summed E-state index contributed by atoms with van der Waals surface area (Å²) in [5.41, 5.74) is -0.782. The summed E-state index contributed by atoms with van der Waals surface area (Å²) in [5, 5.41) is 21.5. The lowest BCUT2D eigenvalue weighted by Crippen LogP contribution is -2.43. The van der Waals surface area contributed by atoms with Gasteiger partial charge in [-0.1, -0.05) is 44.2 Å². The molecule has 31 heavy (non-hydrogen) atoms. The zero-order valence-electron chi connectivity index (χ0n) is 19.0. The Bertz CT molecular complexity index is 820. The number of rotatable bonds is 7. The lowest BCUT2D eigenvalue weighted by atomic mass is 9.61. The number of allylic oxidation sites excluding steroid dienone is 1. The molecule has 0 radical (unpaired) electrons. The molecular weight excluding hydrogens is 394 g/mol. The number of fused-ring (bicyclic) bond motifs is 1. The quantitative estimate of drug-likeness (QED) is 0.284. The smallest absolute Gasteiger partial charge is 0.338 e. The first-order valence-electron chi connectivity index (χ1n) is 11.3. The Labute approximate surface area is 184 Å². The van der Waals surface area contributed by atoms with Crippen LogP contribution in [-0.2, 0) is 4.74 Å². The van der Waals surface area contributed by atoms with Crippen LogP contribution in [0, 0.1) is 33.3 Å². The molecule has 0 unspecified atom stereocenters. The lowest BCUT2D eigenvalue weighted by molar-refractivity contribution is -0.570. The molecule has 6 heteroatoms. The van der Waals surface area contributed by atoms with Gasteiger partial charge in [-0.2, -0.15) is 0 Å². The number of hydrogen-bond acceptors (Lipinski definition) is 5. The van der Waals surface area contributed by atoms with E-state index >= 15 is 0 Å². The van der Waals surface area contributed by atoms with Crippen LogP contribution in [0.15, 0.2) is 42.5 Å². The predicted octanol–water partition coefficient (Wildman–Crippen LogP) is 5.04. The van der Waals surface area contributed by atoms with Crippen molar-refractivity contribution in [3.63, 3.8) is 0 Å². The molecule has 2 saturated carbocycles. The average Bonchev–Trinajstić information content (AvgIpc) is 3.10. The van der Waals surface area contributed by atoms with E-state index in [1.807, 2.05) is 24.3 Å². The molecular formula is C25H35NO5. The highest BCUT2D eigenvalue weighted by Crippen LogP contribution is 2.58. The maximum absolute atomic E-state index is 12.6. The van der Waals surface area contributed by atoms with Gasteiger partial charge in [0.1, 0.15) is 12.2 Å². The molecule has 0 aliphatic heterocycles. The van der Waals surface area contributed by atoms with Crippen molar-refractivity contribution in [2.24, 2.45) is 23.2 Å². The second kappa shape index (κ2) is 9.11. The van der Waals surface area contributed by atoms with Crippen molar-refractivity contribution in [2.45, 2.75) is 77.5 Å². The van der Waals surface area contributed by atoms with Gasteiger partial charge in [0.25, 0.3) is 0 Å². The molecule has 0 spiro atoms. The zero-order valence-corrected chi connectivity index (χ0v) is 19.0. The normalized spacial score (nSPS) is 30.5. The van der Waals surface area contributed by atoms with Crippen molar-refractivity contribution in [1.82, 2.24) is 0 Å². The van der Waals surface area contributed by atoms with Crippen LogP contribution < -0.4 is 0 Å². The number of benzene rings is 1. The largest absolute Gasteiger partial charge is 0.458 e. The molecule has 6 atom stereocenters. The minimum atomic E-state index is -1.42. The molecule has 2 aliphatic carbocycles. The van der Waals surface area contributed by atoms with Gasteiger partial charge in [-0.3, -0.25) is 10.1 Å². The lowest BCUT2D eigenvalue weighted by Gasteiger charge is -2.45. The van der Waals surface area contributed by atoms with Crippen LogP contribution in [0.25, 0.3) is 0 Å². The van der Waals surface area contributed by atoms with Gasteiger partial charge in [0, 0.05) is 24.7 Å². The molecule has 170 valence electrons. The highest BCUT2D eigenvalue weighted by molar-refractivity contribution is 5.89. The van der Waals surface area contributed by atoms with Gasteiger partial charge < -0.3 is 9.84 Å². The van der Waals surface area contributed by atoms with E-state index in [-0.39, 0.29) is 23.4 Å². The average molecular weight is 430 g/mol. The summed E-state index contributed by atoms with van der Waals surface area (Å²) < 4.78 is 5.98. The van der Waals surface area contributed by atoms with Crippen molar-refractivity contribution < 1.29 is 19.6 Å². The van der Waals surface area contributed by atoms with Crippen molar-refractivity contribution in [2.75, 3.05) is 0 Å². The molecule has 0 bridgehead atoms. The summed E-state index contributed by atoms with van der Waals surface area (Å²) in [4.78, 5) is 23.4. The van der Waals surface area contributed by atoms with Crippen LogP contribution in [0.3, 0.4) is 0 Å². The van der Waals surface area contributed by atoms with Gasteiger partial charge in [0.05, 0.1) is 5.56 Å². The first-order valence-corrected chi connectivity index (χ1v) is 11.3. The van der Waals surface area contributed by atoms with E-state index in [9.17, 15) is 20.0 Å². The van der Waals surface area contributed by atoms with Crippen molar-refractivity contribution in [3.8, 4) is 0 Å². The molecule has 2 aliphatic rings. The van der Waals surface area contributed by atoms with Crippen molar-refractivity contribution >= 4 is 5.97 Å². The minimum Gasteiger partial charge on any atom is -0.458 e. The summed E-state index contributed by atoms with van der Waals surface area (Å²) in [6.07, 6.45) is 7.34. The Morgan fingerprint density at radius 1 is 1.26 bits per heavy atom. The number of aliphatic hydroxyl groups is 1. The van der Waals surface area contributed by atoms with E-state index in [2.05, 4.69) is 13.8 Å². The minimum absolute atomic E-state index is 0.0488. The third-order valence-electron chi connectivity index (χ3n) is 7.83. The van der Waals surface area contributed by atoms with Gasteiger partial charge in [0.15, 0.2) is 0 Å². The van der Waals surface area contributed by atoms with E-state index in [4.69, 9.17) is 4.74 Å². The fourth-order valence-corrected chi connectivity index (χ4v) is 5.70. The number of carbonyl (C=O) groups is 1. The summed E-state index contributed by atoms with van der Waals surface area (Å²) in [7, 11) is 0. The Balaban J connectivity index is 1.69. The van der Waals surface area contributed by atoms with Gasteiger partial charge in [-0.15, -0.1) is 0 Å². The zero-order chi connectivity index (χ0) is 22.8. The summed E-state index contributed by atoms with van der Waals surface area (Å²) in [5.74, 6) is 0.625. The van der Waals surface area contributed by atoms with Crippen LogP contribution in [0.4, 0.5) is 0 Å². The number of esters is 1. The molecule has 1 aromatic carbocycles. The molecule has 3 rings (SSSR count). The van der Waals surface area contributed by atoms with Gasteiger partial charge in [-0.05, 0) is 61.5 Å². The van der Waals surface area contributed by atoms with Crippen LogP contribution in [0.2, 0.25) is 0 Å². The number of ether oxygens (including phenoxy) is 1. The second-order valence-electron chi connectivity index (χ2n) is 10.1. The van der Waals surface area contributed by atoms with Crippen LogP contribution in [0.1, 0.15) is 70.2 Å². The monoisotopic (exact) mass is 429 g/mol. The van der Waals surface area contributed by atoms with E-state index in [0.717, 1.165) is 32.1 Å². The molecule has 1 aromatic rings. The van der Waals surface area contributed by atoms with Gasteiger partial charge in [-0.25, -0.2) is 4.79 Å². The number of hydrogen-bond donors (Lipinski definition) is 1. The Morgan fingerprint density at radius 3 is 2.58 bits per heavy atom. The Kier molecular flexibility index (Phi) is 6.89. The number of carbonyl (C=O) groups excluding carboxylic acids is 1. The maximum atomic E-state index is 12.6. The van der Waals surface area contributed by atoms with Gasteiger partial charge >= 0.3 is 5.97 Å². The third kappa shape index (κ3) is 4.69. The molecule has 2 fully saturated rings. The third-order valence-corrected chi connectivity index (χ3v) is 7.83.